The quantitative estimate of drug-likeness (QED) is 0.613. The topological polar surface area (TPSA) is 0 Å². The van der Waals surface area contributed by atoms with Gasteiger partial charge >= 0.3 is 0 Å². The molecule has 0 spiro atoms. The maximum absolute atomic E-state index is 5.86. The molecule has 3 heteroatoms. The summed E-state index contributed by atoms with van der Waals surface area (Å²) in [5.74, 6) is 0. The molecule has 0 saturated carbocycles. The Morgan fingerprint density at radius 3 is 1.75 bits per heavy atom. The van der Waals surface area contributed by atoms with Crippen molar-refractivity contribution in [2.75, 3.05) is 0 Å². The molecule has 0 aliphatic heterocycles. The average molecular weight is 360 g/mol. The third-order valence-electron chi connectivity index (χ3n) is 2.33. The molecule has 0 amide bonds. The molecular formula is C13H9Br2Cl. The Labute approximate surface area is 117 Å². The fourth-order valence-electron chi connectivity index (χ4n) is 1.46. The molecule has 0 N–H and O–H groups in total. The van der Waals surface area contributed by atoms with Crippen molar-refractivity contribution in [3.8, 4) is 0 Å². The first-order valence-corrected chi connectivity index (χ1v) is 6.90. The van der Waals surface area contributed by atoms with Gasteiger partial charge in [0.1, 0.15) is 0 Å². The van der Waals surface area contributed by atoms with Gasteiger partial charge in [0.2, 0.25) is 0 Å². The molecule has 0 fully saturated rings. The minimum absolute atomic E-state index is 0.206. The highest BCUT2D eigenvalue weighted by atomic mass is 79.9. The van der Waals surface area contributed by atoms with E-state index in [1.165, 1.54) is 11.1 Å². The summed E-state index contributed by atoms with van der Waals surface area (Å²) in [5, 5.41) is 0.763. The van der Waals surface area contributed by atoms with Crippen LogP contribution in [-0.2, 0) is 0 Å². The van der Waals surface area contributed by atoms with E-state index in [1.54, 1.807) is 0 Å². The fraction of sp³-hybridized carbons (Fsp3) is 0.0769. The third-order valence-corrected chi connectivity index (χ3v) is 4.16. The molecule has 1 atom stereocenters. The largest absolute Gasteiger partial charge is 0.0843 e. The first kappa shape index (κ1) is 12.2. The summed E-state index contributed by atoms with van der Waals surface area (Å²) in [5.41, 5.74) is 2.43. The Balaban J connectivity index is 2.28. The first-order valence-electron chi connectivity index (χ1n) is 4.82. The summed E-state index contributed by atoms with van der Waals surface area (Å²) in [6.45, 7) is 0. The van der Waals surface area contributed by atoms with E-state index < -0.39 is 0 Å². The van der Waals surface area contributed by atoms with E-state index in [4.69, 9.17) is 11.6 Å². The Hall–Kier alpha value is -0.310. The Morgan fingerprint density at radius 2 is 1.25 bits per heavy atom. The van der Waals surface area contributed by atoms with Crippen molar-refractivity contribution in [2.45, 2.75) is 4.83 Å². The van der Waals surface area contributed by atoms with Gasteiger partial charge in [-0.1, -0.05) is 67.7 Å². The van der Waals surface area contributed by atoms with E-state index in [9.17, 15) is 0 Å². The van der Waals surface area contributed by atoms with Crippen LogP contribution in [0.5, 0.6) is 0 Å². The molecule has 0 heterocycles. The maximum Gasteiger partial charge on any atom is 0.0644 e. The standard InChI is InChI=1S/C13H9Br2Cl/c14-11-5-1-9(2-6-11)13(15)10-3-7-12(16)8-4-10/h1-8,13H. The predicted molar refractivity (Wildman–Crippen MR) is 76.4 cm³/mol. The van der Waals surface area contributed by atoms with E-state index in [0.717, 1.165) is 9.50 Å². The minimum atomic E-state index is 0.206. The fourth-order valence-corrected chi connectivity index (χ4v) is 2.46. The summed E-state index contributed by atoms with van der Waals surface area (Å²) in [7, 11) is 0. The van der Waals surface area contributed by atoms with E-state index in [-0.39, 0.29) is 4.83 Å². The molecule has 16 heavy (non-hydrogen) atoms. The molecule has 0 aliphatic rings. The van der Waals surface area contributed by atoms with E-state index in [1.807, 2.05) is 36.4 Å². The molecule has 0 nitrogen and oxygen atoms in total. The van der Waals surface area contributed by atoms with Crippen molar-refractivity contribution >= 4 is 43.5 Å². The summed E-state index contributed by atoms with van der Waals surface area (Å²) < 4.78 is 1.09. The van der Waals surface area contributed by atoms with Gasteiger partial charge in [0, 0.05) is 9.50 Å². The molecule has 0 saturated heterocycles. The summed E-state index contributed by atoms with van der Waals surface area (Å²) >= 11 is 13.0. The maximum atomic E-state index is 5.86. The lowest BCUT2D eigenvalue weighted by atomic mass is 10.1. The second kappa shape index (κ2) is 5.35. The SMILES string of the molecule is Clc1ccc(C(Br)c2ccc(Br)cc2)cc1. The van der Waals surface area contributed by atoms with Crippen LogP contribution in [0.2, 0.25) is 5.02 Å². The molecule has 0 radical (unpaired) electrons. The Bertz CT molecular complexity index is 417. The van der Waals surface area contributed by atoms with Crippen LogP contribution in [0.3, 0.4) is 0 Å². The Kier molecular flexibility index (Phi) is 4.06. The molecule has 2 rings (SSSR count). The highest BCUT2D eigenvalue weighted by Crippen LogP contribution is 2.31. The number of benzene rings is 2. The molecule has 0 bridgehead atoms. The van der Waals surface area contributed by atoms with E-state index in [0.29, 0.717) is 0 Å². The molecule has 0 aromatic heterocycles. The highest BCUT2D eigenvalue weighted by molar-refractivity contribution is 9.10. The minimum Gasteiger partial charge on any atom is -0.0843 e. The number of hydrogen-bond donors (Lipinski definition) is 0. The molecule has 82 valence electrons. The average Bonchev–Trinajstić information content (AvgIpc) is 2.30. The van der Waals surface area contributed by atoms with Gasteiger partial charge in [0.05, 0.1) is 4.83 Å². The zero-order chi connectivity index (χ0) is 11.5. The van der Waals surface area contributed by atoms with Crippen molar-refractivity contribution in [1.82, 2.24) is 0 Å². The molecule has 2 aromatic carbocycles. The number of hydrogen-bond acceptors (Lipinski definition) is 0. The monoisotopic (exact) mass is 358 g/mol. The number of rotatable bonds is 2. The predicted octanol–water partition coefficient (Wildman–Crippen LogP) is 5.59. The highest BCUT2D eigenvalue weighted by Gasteiger charge is 2.09. The summed E-state index contributed by atoms with van der Waals surface area (Å²) in [6.07, 6.45) is 0. The Morgan fingerprint density at radius 1 is 0.812 bits per heavy atom. The number of halogens is 3. The summed E-state index contributed by atoms with van der Waals surface area (Å²) in [6, 6.07) is 16.1. The van der Waals surface area contributed by atoms with Crippen molar-refractivity contribution in [3.63, 3.8) is 0 Å². The summed E-state index contributed by atoms with van der Waals surface area (Å²) in [4.78, 5) is 0.206. The van der Waals surface area contributed by atoms with Crippen molar-refractivity contribution in [2.24, 2.45) is 0 Å². The first-order chi connectivity index (χ1) is 7.66. The van der Waals surface area contributed by atoms with Gasteiger partial charge in [-0.25, -0.2) is 0 Å². The van der Waals surface area contributed by atoms with Crippen LogP contribution in [0.4, 0.5) is 0 Å². The third kappa shape index (κ3) is 2.88. The van der Waals surface area contributed by atoms with Crippen LogP contribution in [0.25, 0.3) is 0 Å². The van der Waals surface area contributed by atoms with Crippen LogP contribution in [0, 0.1) is 0 Å². The van der Waals surface area contributed by atoms with Crippen molar-refractivity contribution in [1.29, 1.82) is 0 Å². The van der Waals surface area contributed by atoms with Crippen LogP contribution < -0.4 is 0 Å². The van der Waals surface area contributed by atoms with Gasteiger partial charge in [-0.15, -0.1) is 0 Å². The van der Waals surface area contributed by atoms with Crippen LogP contribution in [0.15, 0.2) is 53.0 Å². The van der Waals surface area contributed by atoms with Crippen molar-refractivity contribution < 1.29 is 0 Å². The van der Waals surface area contributed by atoms with Crippen LogP contribution in [-0.4, -0.2) is 0 Å². The number of alkyl halides is 1. The van der Waals surface area contributed by atoms with Crippen LogP contribution >= 0.6 is 43.5 Å². The van der Waals surface area contributed by atoms with Gasteiger partial charge in [0.15, 0.2) is 0 Å². The van der Waals surface area contributed by atoms with Gasteiger partial charge in [-0.2, -0.15) is 0 Å². The zero-order valence-electron chi connectivity index (χ0n) is 8.33. The van der Waals surface area contributed by atoms with E-state index >= 15 is 0 Å². The van der Waals surface area contributed by atoms with Gasteiger partial charge in [0.25, 0.3) is 0 Å². The van der Waals surface area contributed by atoms with Gasteiger partial charge in [-0.3, -0.25) is 0 Å². The lowest BCUT2D eigenvalue weighted by Gasteiger charge is -2.10. The zero-order valence-corrected chi connectivity index (χ0v) is 12.3. The molecule has 2 aromatic rings. The smallest absolute Gasteiger partial charge is 0.0644 e. The normalized spacial score (nSPS) is 12.4. The van der Waals surface area contributed by atoms with E-state index in [2.05, 4.69) is 44.0 Å². The lowest BCUT2D eigenvalue weighted by Crippen LogP contribution is -1.91. The molecular weight excluding hydrogens is 351 g/mol. The molecule has 1 unspecified atom stereocenters. The van der Waals surface area contributed by atoms with Gasteiger partial charge < -0.3 is 0 Å². The van der Waals surface area contributed by atoms with Gasteiger partial charge in [-0.05, 0) is 35.4 Å². The van der Waals surface area contributed by atoms with Crippen molar-refractivity contribution in [3.05, 3.63) is 69.2 Å². The lowest BCUT2D eigenvalue weighted by molar-refractivity contribution is 1.18. The van der Waals surface area contributed by atoms with Crippen LogP contribution in [0.1, 0.15) is 16.0 Å². The second-order valence-corrected chi connectivity index (χ2v) is 5.73. The second-order valence-electron chi connectivity index (χ2n) is 3.47. The molecule has 0 aliphatic carbocycles.